The van der Waals surface area contributed by atoms with Gasteiger partial charge in [0.1, 0.15) is 17.4 Å². The van der Waals surface area contributed by atoms with Crippen LogP contribution in [0, 0.1) is 13.8 Å². The summed E-state index contributed by atoms with van der Waals surface area (Å²) >= 11 is 0. The summed E-state index contributed by atoms with van der Waals surface area (Å²) < 4.78 is 34.5. The largest absolute Gasteiger partial charge is 0.482 e. The number of fused-ring (bicyclic) bond motifs is 1. The lowest BCUT2D eigenvalue weighted by molar-refractivity contribution is -0.118. The molecule has 9 nitrogen and oxygen atoms in total. The van der Waals surface area contributed by atoms with Gasteiger partial charge in [-0.1, -0.05) is 0 Å². The Hall–Kier alpha value is -2.46. The molecule has 25 heavy (non-hydrogen) atoms. The van der Waals surface area contributed by atoms with Crippen LogP contribution in [-0.2, 0) is 14.8 Å². The van der Waals surface area contributed by atoms with Crippen molar-refractivity contribution in [1.29, 1.82) is 0 Å². The first-order chi connectivity index (χ1) is 11.8. The Balaban J connectivity index is 1.75. The van der Waals surface area contributed by atoms with E-state index in [-0.39, 0.29) is 30.0 Å². The lowest BCUT2D eigenvalue weighted by atomic mass is 10.2. The normalized spacial score (nSPS) is 15.2. The van der Waals surface area contributed by atoms with Crippen molar-refractivity contribution in [3.8, 4) is 5.75 Å². The predicted molar refractivity (Wildman–Crippen MR) is 90.0 cm³/mol. The first-order valence-corrected chi connectivity index (χ1v) is 9.21. The van der Waals surface area contributed by atoms with Gasteiger partial charge in [0.2, 0.25) is 10.0 Å². The minimum Gasteiger partial charge on any atom is -0.482 e. The molecule has 3 rings (SSSR count). The number of ether oxygens (including phenoxy) is 1. The second-order valence-electron chi connectivity index (χ2n) is 5.85. The topological polar surface area (TPSA) is 115 Å². The van der Waals surface area contributed by atoms with Crippen molar-refractivity contribution >= 4 is 21.6 Å². The number of benzene rings is 1. The van der Waals surface area contributed by atoms with Gasteiger partial charge < -0.3 is 10.1 Å². The van der Waals surface area contributed by atoms with E-state index in [1.807, 2.05) is 13.8 Å². The Morgan fingerprint density at radius 3 is 2.84 bits per heavy atom. The molecule has 2 heterocycles. The number of nitrogens with one attached hydrogen (secondary N) is 2. The molecule has 2 aromatic rings. The number of carbonyl (C=O) groups excluding carboxylic acids is 1. The molecule has 1 aromatic heterocycles. The molecule has 0 saturated heterocycles. The van der Waals surface area contributed by atoms with Crippen molar-refractivity contribution in [2.24, 2.45) is 0 Å². The van der Waals surface area contributed by atoms with Crippen molar-refractivity contribution < 1.29 is 17.9 Å². The summed E-state index contributed by atoms with van der Waals surface area (Å²) in [5.41, 5.74) is 0.343. The smallest absolute Gasteiger partial charge is 0.262 e. The Morgan fingerprint density at radius 1 is 1.40 bits per heavy atom. The second kappa shape index (κ2) is 6.45. The number of sulfonamides is 1. The lowest BCUT2D eigenvalue weighted by Gasteiger charge is -2.19. The SMILES string of the molecule is Cc1nc(C)n([C@@H](C)CNS(=O)(=O)c2ccc3c(c2)NC(=O)CO3)n1. The molecular weight excluding hydrogens is 346 g/mol. The molecule has 1 atom stereocenters. The third-order valence-corrected chi connectivity index (χ3v) is 5.21. The van der Waals surface area contributed by atoms with Gasteiger partial charge in [-0.05, 0) is 39.0 Å². The Labute approximate surface area is 145 Å². The van der Waals surface area contributed by atoms with Crippen molar-refractivity contribution in [1.82, 2.24) is 19.5 Å². The summed E-state index contributed by atoms with van der Waals surface area (Å²) in [6, 6.07) is 4.15. The number of rotatable bonds is 5. The first kappa shape index (κ1) is 17.4. The number of anilines is 1. The lowest BCUT2D eigenvalue weighted by Crippen LogP contribution is -2.31. The fourth-order valence-corrected chi connectivity index (χ4v) is 3.73. The summed E-state index contributed by atoms with van der Waals surface area (Å²) in [6.07, 6.45) is 0. The van der Waals surface area contributed by atoms with Gasteiger partial charge in [0, 0.05) is 6.54 Å². The highest BCUT2D eigenvalue weighted by molar-refractivity contribution is 7.89. The van der Waals surface area contributed by atoms with Crippen LogP contribution in [0.25, 0.3) is 0 Å². The van der Waals surface area contributed by atoms with Crippen molar-refractivity contribution in [2.45, 2.75) is 31.7 Å². The third kappa shape index (κ3) is 3.64. The Morgan fingerprint density at radius 2 is 2.16 bits per heavy atom. The highest BCUT2D eigenvalue weighted by atomic mass is 32.2. The highest BCUT2D eigenvalue weighted by Crippen LogP contribution is 2.30. The van der Waals surface area contributed by atoms with Crippen molar-refractivity contribution in [2.75, 3.05) is 18.5 Å². The molecule has 0 radical (unpaired) electrons. The maximum Gasteiger partial charge on any atom is 0.262 e. The Kier molecular flexibility index (Phi) is 4.48. The quantitative estimate of drug-likeness (QED) is 0.808. The van der Waals surface area contributed by atoms with Crippen LogP contribution in [0.1, 0.15) is 24.6 Å². The number of amides is 1. The number of carbonyl (C=O) groups is 1. The van der Waals surface area contributed by atoms with Gasteiger partial charge >= 0.3 is 0 Å². The van der Waals surface area contributed by atoms with E-state index in [4.69, 9.17) is 4.74 Å². The number of aromatic nitrogens is 3. The number of hydrogen-bond donors (Lipinski definition) is 2. The van der Waals surface area contributed by atoms with E-state index in [2.05, 4.69) is 20.1 Å². The summed E-state index contributed by atoms with van der Waals surface area (Å²) in [5.74, 6) is 1.48. The van der Waals surface area contributed by atoms with Crippen LogP contribution in [0.15, 0.2) is 23.1 Å². The van der Waals surface area contributed by atoms with Crippen LogP contribution in [0.5, 0.6) is 5.75 Å². The minimum absolute atomic E-state index is 0.0516. The highest BCUT2D eigenvalue weighted by Gasteiger charge is 2.22. The van der Waals surface area contributed by atoms with E-state index in [0.29, 0.717) is 17.3 Å². The van der Waals surface area contributed by atoms with Crippen LogP contribution < -0.4 is 14.8 Å². The molecule has 10 heteroatoms. The summed E-state index contributed by atoms with van der Waals surface area (Å²) in [7, 11) is -3.74. The molecule has 0 unspecified atom stereocenters. The summed E-state index contributed by atoms with van der Waals surface area (Å²) in [4.78, 5) is 15.6. The van der Waals surface area contributed by atoms with Crippen LogP contribution in [0.4, 0.5) is 5.69 Å². The van der Waals surface area contributed by atoms with Gasteiger partial charge in [0.05, 0.1) is 16.6 Å². The van der Waals surface area contributed by atoms with E-state index in [9.17, 15) is 13.2 Å². The van der Waals surface area contributed by atoms with Crippen molar-refractivity contribution in [3.05, 3.63) is 29.8 Å². The zero-order chi connectivity index (χ0) is 18.2. The second-order valence-corrected chi connectivity index (χ2v) is 7.61. The van der Waals surface area contributed by atoms with Gasteiger partial charge in [0.15, 0.2) is 6.61 Å². The van der Waals surface area contributed by atoms with Crippen molar-refractivity contribution in [3.63, 3.8) is 0 Å². The molecule has 0 saturated carbocycles. The van der Waals surface area contributed by atoms with E-state index in [0.717, 1.165) is 5.82 Å². The van der Waals surface area contributed by atoms with Gasteiger partial charge in [-0.2, -0.15) is 5.10 Å². The molecule has 1 aliphatic heterocycles. The Bertz CT molecular complexity index is 922. The molecule has 1 aliphatic rings. The monoisotopic (exact) mass is 365 g/mol. The van der Waals surface area contributed by atoms with Gasteiger partial charge in [-0.3, -0.25) is 4.79 Å². The average Bonchev–Trinajstić information content (AvgIpc) is 2.90. The van der Waals surface area contributed by atoms with Crippen LogP contribution in [-0.4, -0.2) is 42.2 Å². The van der Waals surface area contributed by atoms with E-state index >= 15 is 0 Å². The maximum absolute atomic E-state index is 12.5. The molecule has 2 N–H and O–H groups in total. The van der Waals surface area contributed by atoms with Gasteiger partial charge in [0.25, 0.3) is 5.91 Å². The zero-order valence-corrected chi connectivity index (χ0v) is 14.9. The van der Waals surface area contributed by atoms with Gasteiger partial charge in [-0.25, -0.2) is 22.8 Å². The third-order valence-electron chi connectivity index (χ3n) is 3.79. The fourth-order valence-electron chi connectivity index (χ4n) is 2.58. The van der Waals surface area contributed by atoms with Crippen LogP contribution >= 0.6 is 0 Å². The van der Waals surface area contributed by atoms with E-state index in [1.54, 1.807) is 11.6 Å². The molecule has 0 spiro atoms. The molecule has 0 aliphatic carbocycles. The van der Waals surface area contributed by atoms with Gasteiger partial charge in [-0.15, -0.1) is 0 Å². The molecule has 134 valence electrons. The zero-order valence-electron chi connectivity index (χ0n) is 14.1. The van der Waals surface area contributed by atoms with E-state index in [1.165, 1.54) is 18.2 Å². The molecule has 0 fully saturated rings. The van der Waals surface area contributed by atoms with E-state index < -0.39 is 10.0 Å². The molecule has 0 bridgehead atoms. The standard InChI is InChI=1S/C15H19N5O4S/c1-9(20-11(3)17-10(2)19-20)7-16-25(22,23)12-4-5-14-13(6-12)18-15(21)8-24-14/h4-6,9,16H,7-8H2,1-3H3,(H,18,21)/t9-/m0/s1. The number of nitrogens with zero attached hydrogens (tertiary/aromatic N) is 3. The summed E-state index contributed by atoms with van der Waals surface area (Å²) in [6.45, 7) is 5.53. The van der Waals surface area contributed by atoms with Crippen LogP contribution in [0.3, 0.4) is 0 Å². The number of hydrogen-bond acceptors (Lipinski definition) is 6. The summed E-state index contributed by atoms with van der Waals surface area (Å²) in [5, 5.41) is 6.85. The average molecular weight is 365 g/mol. The minimum atomic E-state index is -3.74. The fraction of sp³-hybridized carbons (Fsp3) is 0.400. The maximum atomic E-state index is 12.5. The molecular formula is C15H19N5O4S. The number of aryl methyl sites for hydroxylation is 2. The van der Waals surface area contributed by atoms with Crippen LogP contribution in [0.2, 0.25) is 0 Å². The molecule has 1 amide bonds. The predicted octanol–water partition coefficient (Wildman–Crippen LogP) is 0.765. The first-order valence-electron chi connectivity index (χ1n) is 7.72. The molecule has 1 aromatic carbocycles.